The van der Waals surface area contributed by atoms with Crippen LogP contribution >= 0.6 is 0 Å². The van der Waals surface area contributed by atoms with E-state index in [1.165, 1.54) is 0 Å². The van der Waals surface area contributed by atoms with Gasteiger partial charge in [0.05, 0.1) is 11.7 Å². The minimum Gasteiger partial charge on any atom is -0.458 e. The lowest BCUT2D eigenvalue weighted by molar-refractivity contribution is -0.116. The van der Waals surface area contributed by atoms with Gasteiger partial charge in [-0.3, -0.25) is 0 Å². The Labute approximate surface area is 172 Å². The van der Waals surface area contributed by atoms with E-state index in [9.17, 15) is 9.59 Å². The predicted octanol–water partition coefficient (Wildman–Crippen LogP) is 5.73. The molecule has 0 heterocycles. The standard InChI is InChI=1S/C23H38O4Si/c1-8-28(9-2,10-3)27-22(18(6)16-24)19(7)21(17(4)5)26-23(25)20-14-12-11-13-15-20/h11-19,21-22H,8-10H2,1-7H3/t18-,19-,21-,22-/m0/s1. The van der Waals surface area contributed by atoms with Crippen LogP contribution in [0.4, 0.5) is 0 Å². The molecule has 1 rings (SSSR count). The zero-order valence-corrected chi connectivity index (χ0v) is 19.6. The van der Waals surface area contributed by atoms with Crippen molar-refractivity contribution >= 4 is 20.6 Å². The topological polar surface area (TPSA) is 52.6 Å². The lowest BCUT2D eigenvalue weighted by atomic mass is 9.85. The van der Waals surface area contributed by atoms with E-state index < -0.39 is 8.32 Å². The normalized spacial score (nSPS) is 16.3. The minimum atomic E-state index is -1.91. The number of esters is 1. The van der Waals surface area contributed by atoms with Crippen molar-refractivity contribution in [1.29, 1.82) is 0 Å². The first-order valence-corrected chi connectivity index (χ1v) is 13.2. The second-order valence-electron chi connectivity index (χ2n) is 8.16. The minimum absolute atomic E-state index is 0.0793. The second kappa shape index (κ2) is 11.5. The summed E-state index contributed by atoms with van der Waals surface area (Å²) in [5, 5.41) is 0. The number of hydrogen-bond acceptors (Lipinski definition) is 4. The number of rotatable bonds is 12. The fourth-order valence-corrected chi connectivity index (χ4v) is 6.87. The van der Waals surface area contributed by atoms with Gasteiger partial charge in [-0.25, -0.2) is 4.79 Å². The molecule has 0 saturated carbocycles. The average molecular weight is 407 g/mol. The zero-order valence-electron chi connectivity index (χ0n) is 18.6. The number of hydrogen-bond donors (Lipinski definition) is 0. The number of ether oxygens (including phenoxy) is 1. The van der Waals surface area contributed by atoms with Gasteiger partial charge in [0.2, 0.25) is 0 Å². The maximum absolute atomic E-state index is 12.7. The highest BCUT2D eigenvalue weighted by Gasteiger charge is 2.40. The van der Waals surface area contributed by atoms with Gasteiger partial charge in [-0.2, -0.15) is 0 Å². The van der Waals surface area contributed by atoms with Crippen molar-refractivity contribution < 1.29 is 18.8 Å². The third-order valence-electron chi connectivity index (χ3n) is 6.00. The largest absolute Gasteiger partial charge is 0.458 e. The zero-order chi connectivity index (χ0) is 21.3. The molecule has 0 saturated heterocycles. The highest BCUT2D eigenvalue weighted by Crippen LogP contribution is 2.32. The van der Waals surface area contributed by atoms with E-state index in [0.717, 1.165) is 24.4 Å². The summed E-state index contributed by atoms with van der Waals surface area (Å²) in [6.45, 7) is 14.6. The van der Waals surface area contributed by atoms with Crippen molar-refractivity contribution in [2.45, 2.75) is 78.8 Å². The van der Waals surface area contributed by atoms with Crippen LogP contribution in [-0.2, 0) is 14.0 Å². The third kappa shape index (κ3) is 6.28. The van der Waals surface area contributed by atoms with Crippen molar-refractivity contribution in [3.8, 4) is 0 Å². The first-order chi connectivity index (χ1) is 13.2. The van der Waals surface area contributed by atoms with Gasteiger partial charge in [0.1, 0.15) is 12.4 Å². The Morgan fingerprint density at radius 3 is 1.93 bits per heavy atom. The summed E-state index contributed by atoms with van der Waals surface area (Å²) >= 11 is 0. The molecule has 0 aliphatic rings. The van der Waals surface area contributed by atoms with Crippen LogP contribution in [0.5, 0.6) is 0 Å². The SMILES string of the molecule is CC[Si](CC)(CC)O[C@H]([C@@H](C)[C@@H](OC(=O)c1ccccc1)C(C)C)[C@@H](C)C=O. The monoisotopic (exact) mass is 406 g/mol. The molecule has 0 aliphatic heterocycles. The fraction of sp³-hybridized carbons (Fsp3) is 0.652. The molecule has 1 aromatic rings. The number of benzene rings is 1. The maximum Gasteiger partial charge on any atom is 0.338 e. The molecule has 158 valence electrons. The van der Waals surface area contributed by atoms with Gasteiger partial charge >= 0.3 is 5.97 Å². The smallest absolute Gasteiger partial charge is 0.338 e. The number of aldehydes is 1. The molecular weight excluding hydrogens is 368 g/mol. The van der Waals surface area contributed by atoms with Crippen molar-refractivity contribution in [3.05, 3.63) is 35.9 Å². The van der Waals surface area contributed by atoms with Crippen molar-refractivity contribution in [2.75, 3.05) is 0 Å². The molecular formula is C23H38O4Si. The number of carbonyl (C=O) groups is 2. The Balaban J connectivity index is 3.11. The molecule has 5 heteroatoms. The first-order valence-electron chi connectivity index (χ1n) is 10.6. The summed E-state index contributed by atoms with van der Waals surface area (Å²) in [5.74, 6) is -0.533. The average Bonchev–Trinajstić information content (AvgIpc) is 2.72. The van der Waals surface area contributed by atoms with Gasteiger partial charge in [0.25, 0.3) is 0 Å². The van der Waals surface area contributed by atoms with Crippen LogP contribution < -0.4 is 0 Å². The molecule has 4 atom stereocenters. The molecule has 0 amide bonds. The van der Waals surface area contributed by atoms with Gasteiger partial charge in [-0.15, -0.1) is 0 Å². The third-order valence-corrected chi connectivity index (χ3v) is 10.6. The van der Waals surface area contributed by atoms with Crippen LogP contribution in [0.1, 0.15) is 58.8 Å². The molecule has 0 radical (unpaired) electrons. The Morgan fingerprint density at radius 2 is 1.50 bits per heavy atom. The van der Waals surface area contributed by atoms with Crippen LogP contribution in [0.25, 0.3) is 0 Å². The van der Waals surface area contributed by atoms with Crippen LogP contribution in [0, 0.1) is 17.8 Å². The summed E-state index contributed by atoms with van der Waals surface area (Å²) in [5.41, 5.74) is 0.542. The predicted molar refractivity (Wildman–Crippen MR) is 117 cm³/mol. The van der Waals surface area contributed by atoms with Crippen LogP contribution in [-0.4, -0.2) is 32.8 Å². The molecule has 0 bridgehead atoms. The van der Waals surface area contributed by atoms with E-state index >= 15 is 0 Å². The lowest BCUT2D eigenvalue weighted by Gasteiger charge is -2.40. The van der Waals surface area contributed by atoms with E-state index in [1.807, 2.05) is 45.9 Å². The van der Waals surface area contributed by atoms with E-state index in [-0.39, 0.29) is 35.9 Å². The molecule has 0 N–H and O–H groups in total. The van der Waals surface area contributed by atoms with E-state index in [4.69, 9.17) is 9.16 Å². The van der Waals surface area contributed by atoms with Crippen LogP contribution in [0.3, 0.4) is 0 Å². The molecule has 0 aromatic heterocycles. The van der Waals surface area contributed by atoms with Gasteiger partial charge in [0.15, 0.2) is 8.32 Å². The Morgan fingerprint density at radius 1 is 0.964 bits per heavy atom. The highest BCUT2D eigenvalue weighted by molar-refractivity contribution is 6.73. The molecule has 0 aliphatic carbocycles. The number of carbonyl (C=O) groups excluding carboxylic acids is 2. The molecule has 28 heavy (non-hydrogen) atoms. The molecule has 1 aromatic carbocycles. The molecule has 0 fully saturated rings. The van der Waals surface area contributed by atoms with Crippen LogP contribution in [0.2, 0.25) is 18.1 Å². The highest BCUT2D eigenvalue weighted by atomic mass is 28.4. The molecule has 4 nitrogen and oxygen atoms in total. The van der Waals surface area contributed by atoms with Crippen LogP contribution in [0.15, 0.2) is 30.3 Å². The quantitative estimate of drug-likeness (QED) is 0.253. The van der Waals surface area contributed by atoms with Gasteiger partial charge in [-0.05, 0) is 36.2 Å². The Hall–Kier alpha value is -1.46. The summed E-state index contributed by atoms with van der Waals surface area (Å²) < 4.78 is 12.7. The van der Waals surface area contributed by atoms with E-state index in [2.05, 4.69) is 20.8 Å². The van der Waals surface area contributed by atoms with E-state index in [1.54, 1.807) is 12.1 Å². The summed E-state index contributed by atoms with van der Waals surface area (Å²) in [6, 6.07) is 12.1. The molecule has 0 unspecified atom stereocenters. The van der Waals surface area contributed by atoms with Crippen molar-refractivity contribution in [2.24, 2.45) is 17.8 Å². The summed E-state index contributed by atoms with van der Waals surface area (Å²) in [4.78, 5) is 24.3. The summed E-state index contributed by atoms with van der Waals surface area (Å²) in [7, 11) is -1.91. The van der Waals surface area contributed by atoms with Crippen molar-refractivity contribution in [1.82, 2.24) is 0 Å². The second-order valence-corrected chi connectivity index (χ2v) is 12.9. The molecule has 0 spiro atoms. The van der Waals surface area contributed by atoms with Gasteiger partial charge in [-0.1, -0.05) is 66.7 Å². The lowest BCUT2D eigenvalue weighted by Crippen LogP contribution is -2.48. The Kier molecular flexibility index (Phi) is 10.1. The van der Waals surface area contributed by atoms with Crippen molar-refractivity contribution in [3.63, 3.8) is 0 Å². The fourth-order valence-electron chi connectivity index (χ4n) is 3.86. The Bertz CT molecular complexity index is 590. The maximum atomic E-state index is 12.7. The van der Waals surface area contributed by atoms with E-state index in [0.29, 0.717) is 5.56 Å². The summed E-state index contributed by atoms with van der Waals surface area (Å²) in [6.07, 6.45) is 0.398. The van der Waals surface area contributed by atoms with Gasteiger partial charge < -0.3 is 14.0 Å². The van der Waals surface area contributed by atoms with Gasteiger partial charge in [0, 0.05) is 11.8 Å². The first kappa shape index (κ1) is 24.6.